The Balaban J connectivity index is 2.01. The van der Waals surface area contributed by atoms with E-state index < -0.39 is 0 Å². The predicted octanol–water partition coefficient (Wildman–Crippen LogP) is 4.95. The summed E-state index contributed by atoms with van der Waals surface area (Å²) in [4.78, 5) is 2.28. The van der Waals surface area contributed by atoms with Gasteiger partial charge in [-0.1, -0.05) is 24.3 Å². The molecule has 0 saturated carbocycles. The standard InChI is InChI=1S/C16H16ClNO/c1-12(17)10-11-18-13-6-2-4-8-15(13)19-16-9-5-3-7-14(16)18/h2-9,12H,10-11H2,1H3. The second-order valence-corrected chi connectivity index (χ2v) is 5.50. The van der Waals surface area contributed by atoms with Crippen LogP contribution in [0, 0.1) is 0 Å². The molecule has 0 bridgehead atoms. The molecule has 1 aliphatic rings. The first-order valence-corrected chi connectivity index (χ1v) is 6.97. The van der Waals surface area contributed by atoms with Crippen LogP contribution in [0.1, 0.15) is 13.3 Å². The monoisotopic (exact) mass is 273 g/mol. The third kappa shape index (κ3) is 2.41. The second-order valence-electron chi connectivity index (χ2n) is 4.76. The van der Waals surface area contributed by atoms with Gasteiger partial charge in [-0.25, -0.2) is 0 Å². The van der Waals surface area contributed by atoms with Crippen LogP contribution in [0.3, 0.4) is 0 Å². The summed E-state index contributed by atoms with van der Waals surface area (Å²) < 4.78 is 5.94. The zero-order chi connectivity index (χ0) is 13.2. The number of rotatable bonds is 3. The van der Waals surface area contributed by atoms with Gasteiger partial charge in [0.2, 0.25) is 0 Å². The number of alkyl halides is 1. The molecule has 2 aromatic carbocycles. The molecule has 1 unspecified atom stereocenters. The zero-order valence-corrected chi connectivity index (χ0v) is 11.6. The fourth-order valence-electron chi connectivity index (χ4n) is 2.33. The lowest BCUT2D eigenvalue weighted by atomic mass is 10.1. The van der Waals surface area contributed by atoms with E-state index in [2.05, 4.69) is 17.0 Å². The minimum atomic E-state index is 0.169. The smallest absolute Gasteiger partial charge is 0.151 e. The Bertz CT molecular complexity index is 537. The molecule has 3 heteroatoms. The highest BCUT2D eigenvalue weighted by molar-refractivity contribution is 6.20. The average molecular weight is 274 g/mol. The van der Waals surface area contributed by atoms with Crippen molar-refractivity contribution in [2.24, 2.45) is 0 Å². The number of ether oxygens (including phenoxy) is 1. The van der Waals surface area contributed by atoms with E-state index in [0.29, 0.717) is 0 Å². The van der Waals surface area contributed by atoms with Crippen molar-refractivity contribution in [2.45, 2.75) is 18.7 Å². The lowest BCUT2D eigenvalue weighted by Gasteiger charge is -2.33. The number of anilines is 2. The number of para-hydroxylation sites is 4. The largest absolute Gasteiger partial charge is 0.453 e. The van der Waals surface area contributed by atoms with Crippen LogP contribution >= 0.6 is 11.6 Å². The molecule has 0 fully saturated rings. The van der Waals surface area contributed by atoms with Gasteiger partial charge in [-0.2, -0.15) is 0 Å². The Hall–Kier alpha value is -1.67. The normalized spacial score (nSPS) is 14.3. The lowest BCUT2D eigenvalue weighted by molar-refractivity contribution is 0.472. The molecule has 0 saturated heterocycles. The van der Waals surface area contributed by atoms with Gasteiger partial charge in [0.05, 0.1) is 11.4 Å². The second kappa shape index (κ2) is 5.14. The maximum atomic E-state index is 6.09. The van der Waals surface area contributed by atoms with Crippen molar-refractivity contribution in [1.29, 1.82) is 0 Å². The van der Waals surface area contributed by atoms with Gasteiger partial charge < -0.3 is 9.64 Å². The average Bonchev–Trinajstić information content (AvgIpc) is 2.43. The molecule has 0 amide bonds. The molecule has 3 rings (SSSR count). The Morgan fingerprint density at radius 1 is 1.00 bits per heavy atom. The zero-order valence-electron chi connectivity index (χ0n) is 10.8. The molecule has 98 valence electrons. The molecule has 2 nitrogen and oxygen atoms in total. The van der Waals surface area contributed by atoms with Crippen LogP contribution in [0.4, 0.5) is 11.4 Å². The summed E-state index contributed by atoms with van der Waals surface area (Å²) >= 11 is 6.09. The van der Waals surface area contributed by atoms with Gasteiger partial charge in [0.15, 0.2) is 11.5 Å². The molecule has 1 aliphatic heterocycles. The van der Waals surface area contributed by atoms with Crippen molar-refractivity contribution >= 4 is 23.0 Å². The van der Waals surface area contributed by atoms with Crippen LogP contribution in [0.2, 0.25) is 0 Å². The van der Waals surface area contributed by atoms with E-state index in [1.807, 2.05) is 43.3 Å². The van der Waals surface area contributed by atoms with Gasteiger partial charge >= 0.3 is 0 Å². The highest BCUT2D eigenvalue weighted by Gasteiger charge is 2.23. The molecule has 19 heavy (non-hydrogen) atoms. The van der Waals surface area contributed by atoms with E-state index in [4.69, 9.17) is 16.3 Å². The molecule has 0 N–H and O–H groups in total. The molecule has 0 aliphatic carbocycles. The SMILES string of the molecule is CC(Cl)CCN1c2ccccc2Oc2ccccc21. The fraction of sp³-hybridized carbons (Fsp3) is 0.250. The molecular formula is C16H16ClNO. The van der Waals surface area contributed by atoms with Crippen molar-refractivity contribution in [1.82, 2.24) is 0 Å². The highest BCUT2D eigenvalue weighted by Crippen LogP contribution is 2.46. The number of hydrogen-bond acceptors (Lipinski definition) is 2. The van der Waals surface area contributed by atoms with Crippen LogP contribution in [0.15, 0.2) is 48.5 Å². The lowest BCUT2D eigenvalue weighted by Crippen LogP contribution is -2.23. The summed E-state index contributed by atoms with van der Waals surface area (Å²) in [6, 6.07) is 16.2. The summed E-state index contributed by atoms with van der Waals surface area (Å²) in [6.07, 6.45) is 0.935. The van der Waals surface area contributed by atoms with Gasteiger partial charge in [-0.05, 0) is 37.6 Å². The Kier molecular flexibility index (Phi) is 3.34. The summed E-state index contributed by atoms with van der Waals surface area (Å²) in [5.74, 6) is 1.81. The van der Waals surface area contributed by atoms with Crippen LogP contribution in [0.5, 0.6) is 11.5 Å². The number of benzene rings is 2. The Labute approximate surface area is 118 Å². The summed E-state index contributed by atoms with van der Waals surface area (Å²) in [6.45, 7) is 2.92. The first kappa shape index (κ1) is 12.4. The van der Waals surface area contributed by atoms with E-state index in [0.717, 1.165) is 35.8 Å². The first-order chi connectivity index (χ1) is 9.25. The van der Waals surface area contributed by atoms with E-state index in [-0.39, 0.29) is 5.38 Å². The first-order valence-electron chi connectivity index (χ1n) is 6.53. The van der Waals surface area contributed by atoms with Crippen LogP contribution in [0.25, 0.3) is 0 Å². The maximum Gasteiger partial charge on any atom is 0.151 e. The molecule has 1 atom stereocenters. The third-order valence-corrected chi connectivity index (χ3v) is 3.50. The van der Waals surface area contributed by atoms with Crippen molar-refractivity contribution in [2.75, 3.05) is 11.4 Å². The quantitative estimate of drug-likeness (QED) is 0.734. The van der Waals surface area contributed by atoms with Crippen molar-refractivity contribution < 1.29 is 4.74 Å². The Morgan fingerprint density at radius 3 is 2.05 bits per heavy atom. The topological polar surface area (TPSA) is 12.5 Å². The molecule has 0 radical (unpaired) electrons. The van der Waals surface area contributed by atoms with Crippen LogP contribution < -0.4 is 9.64 Å². The fourth-order valence-corrected chi connectivity index (χ4v) is 2.43. The third-order valence-electron chi connectivity index (χ3n) is 3.28. The van der Waals surface area contributed by atoms with Gasteiger partial charge in [-0.3, -0.25) is 0 Å². The van der Waals surface area contributed by atoms with Gasteiger partial charge in [0, 0.05) is 11.9 Å². The minimum Gasteiger partial charge on any atom is -0.453 e. The van der Waals surface area contributed by atoms with E-state index in [1.165, 1.54) is 0 Å². The van der Waals surface area contributed by atoms with Gasteiger partial charge in [-0.15, -0.1) is 11.6 Å². The maximum absolute atomic E-state index is 6.09. The van der Waals surface area contributed by atoms with E-state index in [1.54, 1.807) is 0 Å². The predicted molar refractivity (Wildman–Crippen MR) is 79.9 cm³/mol. The number of halogens is 1. The summed E-state index contributed by atoms with van der Waals surface area (Å²) in [7, 11) is 0. The molecule has 2 aromatic rings. The number of nitrogens with zero attached hydrogens (tertiary/aromatic N) is 1. The van der Waals surface area contributed by atoms with Gasteiger partial charge in [0.1, 0.15) is 0 Å². The van der Waals surface area contributed by atoms with E-state index in [9.17, 15) is 0 Å². The van der Waals surface area contributed by atoms with Crippen LogP contribution in [-0.4, -0.2) is 11.9 Å². The van der Waals surface area contributed by atoms with Crippen LogP contribution in [-0.2, 0) is 0 Å². The molecule has 1 heterocycles. The van der Waals surface area contributed by atoms with E-state index >= 15 is 0 Å². The molecule has 0 spiro atoms. The van der Waals surface area contributed by atoms with Crippen molar-refractivity contribution in [3.63, 3.8) is 0 Å². The minimum absolute atomic E-state index is 0.169. The van der Waals surface area contributed by atoms with Crippen molar-refractivity contribution in [3.05, 3.63) is 48.5 Å². The summed E-state index contributed by atoms with van der Waals surface area (Å²) in [5.41, 5.74) is 2.22. The van der Waals surface area contributed by atoms with Gasteiger partial charge in [0.25, 0.3) is 0 Å². The molecule has 0 aromatic heterocycles. The summed E-state index contributed by atoms with van der Waals surface area (Å²) in [5, 5.41) is 0.169. The molecular weight excluding hydrogens is 258 g/mol. The number of fused-ring (bicyclic) bond motifs is 2. The van der Waals surface area contributed by atoms with Crippen molar-refractivity contribution in [3.8, 4) is 11.5 Å². The Morgan fingerprint density at radius 2 is 1.53 bits per heavy atom. The highest BCUT2D eigenvalue weighted by atomic mass is 35.5. The number of hydrogen-bond donors (Lipinski definition) is 0.